The van der Waals surface area contributed by atoms with Gasteiger partial charge < -0.3 is 9.42 Å². The normalized spacial score (nSPS) is 11.6. The molecular formula is C16H17F4N3O2. The van der Waals surface area contributed by atoms with E-state index in [1.165, 1.54) is 31.3 Å². The molecule has 9 heteroatoms. The predicted molar refractivity (Wildman–Crippen MR) is 80.9 cm³/mol. The van der Waals surface area contributed by atoms with Crippen LogP contribution in [0.15, 0.2) is 28.8 Å². The molecule has 1 heterocycles. The lowest BCUT2D eigenvalue weighted by Crippen LogP contribution is -2.30. The van der Waals surface area contributed by atoms with E-state index in [9.17, 15) is 22.4 Å². The van der Waals surface area contributed by atoms with E-state index < -0.39 is 12.6 Å². The van der Waals surface area contributed by atoms with Crippen molar-refractivity contribution in [2.45, 2.75) is 31.9 Å². The maximum absolute atomic E-state index is 12.9. The van der Waals surface area contributed by atoms with Crippen LogP contribution in [-0.2, 0) is 11.2 Å². The molecule has 0 spiro atoms. The molecule has 0 fully saturated rings. The van der Waals surface area contributed by atoms with E-state index in [1.54, 1.807) is 0 Å². The van der Waals surface area contributed by atoms with Gasteiger partial charge in [0, 0.05) is 32.0 Å². The molecule has 5 nitrogen and oxygen atoms in total. The second kappa shape index (κ2) is 8.09. The summed E-state index contributed by atoms with van der Waals surface area (Å²) in [4.78, 5) is 17.0. The smallest absolute Gasteiger partial charge is 0.345 e. The fourth-order valence-electron chi connectivity index (χ4n) is 2.07. The number of alkyl halides is 3. The number of carbonyl (C=O) groups is 1. The highest BCUT2D eigenvalue weighted by Gasteiger charge is 2.27. The number of hydrogen-bond donors (Lipinski definition) is 0. The maximum atomic E-state index is 12.9. The number of rotatable bonds is 7. The summed E-state index contributed by atoms with van der Waals surface area (Å²) in [6.07, 6.45) is -4.52. The number of carbonyl (C=O) groups excluding carboxylic acids is 1. The summed E-state index contributed by atoms with van der Waals surface area (Å²) in [5, 5.41) is 3.78. The Morgan fingerprint density at radius 3 is 2.56 bits per heavy atom. The van der Waals surface area contributed by atoms with Crippen LogP contribution in [0.25, 0.3) is 11.4 Å². The second-order valence-corrected chi connectivity index (χ2v) is 5.55. The van der Waals surface area contributed by atoms with Gasteiger partial charge >= 0.3 is 6.18 Å². The second-order valence-electron chi connectivity index (χ2n) is 5.55. The van der Waals surface area contributed by atoms with E-state index in [0.29, 0.717) is 30.1 Å². The lowest BCUT2D eigenvalue weighted by atomic mass is 10.2. The van der Waals surface area contributed by atoms with E-state index >= 15 is 0 Å². The van der Waals surface area contributed by atoms with Crippen LogP contribution in [0.1, 0.15) is 25.2 Å². The molecule has 0 aliphatic heterocycles. The fourth-order valence-corrected chi connectivity index (χ4v) is 2.07. The summed E-state index contributed by atoms with van der Waals surface area (Å²) >= 11 is 0. The molecule has 0 aliphatic carbocycles. The van der Waals surface area contributed by atoms with Crippen molar-refractivity contribution in [3.63, 3.8) is 0 Å². The summed E-state index contributed by atoms with van der Waals surface area (Å²) in [6.45, 7) is -0.363. The molecule has 0 saturated carbocycles. The van der Waals surface area contributed by atoms with Crippen LogP contribution in [0, 0.1) is 5.82 Å². The van der Waals surface area contributed by atoms with Gasteiger partial charge in [-0.05, 0) is 30.7 Å². The third-order valence-electron chi connectivity index (χ3n) is 3.51. The first kappa shape index (κ1) is 18.9. The van der Waals surface area contributed by atoms with Crippen molar-refractivity contribution in [1.82, 2.24) is 15.0 Å². The average molecular weight is 359 g/mol. The highest BCUT2D eigenvalue weighted by molar-refractivity contribution is 5.75. The van der Waals surface area contributed by atoms with Crippen molar-refractivity contribution in [3.8, 4) is 11.4 Å². The Labute approximate surface area is 141 Å². The fraction of sp³-hybridized carbons (Fsp3) is 0.438. The molecule has 0 saturated heterocycles. The van der Waals surface area contributed by atoms with Crippen LogP contribution in [0.3, 0.4) is 0 Å². The molecule has 2 rings (SSSR count). The zero-order chi connectivity index (χ0) is 18.4. The van der Waals surface area contributed by atoms with Gasteiger partial charge in [-0.25, -0.2) is 4.39 Å². The molecule has 2 aromatic rings. The largest absolute Gasteiger partial charge is 0.390 e. The minimum atomic E-state index is -4.28. The third kappa shape index (κ3) is 6.17. The number of aromatic nitrogens is 2. The summed E-state index contributed by atoms with van der Waals surface area (Å²) < 4.78 is 54.3. The van der Waals surface area contributed by atoms with E-state index in [4.69, 9.17) is 4.52 Å². The topological polar surface area (TPSA) is 59.2 Å². The molecular weight excluding hydrogens is 342 g/mol. The summed E-state index contributed by atoms with van der Waals surface area (Å²) in [6, 6.07) is 5.59. The van der Waals surface area contributed by atoms with Gasteiger partial charge in [-0.1, -0.05) is 5.16 Å². The first-order chi connectivity index (χ1) is 11.7. The van der Waals surface area contributed by atoms with Crippen LogP contribution in [0.5, 0.6) is 0 Å². The van der Waals surface area contributed by atoms with Crippen molar-refractivity contribution < 1.29 is 26.9 Å². The minimum absolute atomic E-state index is 0.0859. The predicted octanol–water partition coefficient (Wildman–Crippen LogP) is 3.61. The summed E-state index contributed by atoms with van der Waals surface area (Å²) in [5.74, 6) is -0.128. The van der Waals surface area contributed by atoms with Crippen molar-refractivity contribution in [2.24, 2.45) is 0 Å². The SMILES string of the molecule is CN(CCC(F)(F)F)C(=O)CCCc1nc(-c2ccc(F)cc2)no1. The van der Waals surface area contributed by atoms with E-state index in [-0.39, 0.29) is 24.7 Å². The van der Waals surface area contributed by atoms with Crippen molar-refractivity contribution in [3.05, 3.63) is 36.0 Å². The molecule has 0 radical (unpaired) electrons. The Hall–Kier alpha value is -2.45. The number of amides is 1. The molecule has 0 bridgehead atoms. The molecule has 136 valence electrons. The van der Waals surface area contributed by atoms with Crippen LogP contribution < -0.4 is 0 Å². The minimum Gasteiger partial charge on any atom is -0.345 e. The summed E-state index contributed by atoms with van der Waals surface area (Å²) in [7, 11) is 1.34. The number of halogens is 4. The standard InChI is InChI=1S/C16H17F4N3O2/c1-23(10-9-16(18,19)20)14(24)4-2-3-13-21-15(22-25-13)11-5-7-12(17)8-6-11/h5-8H,2-4,9-10H2,1H3. The van der Waals surface area contributed by atoms with Gasteiger partial charge in [-0.2, -0.15) is 18.2 Å². The first-order valence-corrected chi connectivity index (χ1v) is 7.64. The van der Waals surface area contributed by atoms with Crippen molar-refractivity contribution in [2.75, 3.05) is 13.6 Å². The molecule has 0 N–H and O–H groups in total. The molecule has 1 aromatic heterocycles. The highest BCUT2D eigenvalue weighted by atomic mass is 19.4. The molecule has 1 amide bonds. The zero-order valence-electron chi connectivity index (χ0n) is 13.5. The zero-order valence-corrected chi connectivity index (χ0v) is 13.5. The Kier molecular flexibility index (Phi) is 6.11. The Bertz CT molecular complexity index is 698. The Morgan fingerprint density at radius 1 is 1.24 bits per heavy atom. The molecule has 0 atom stereocenters. The molecule has 0 unspecified atom stereocenters. The Morgan fingerprint density at radius 2 is 1.92 bits per heavy atom. The van der Waals surface area contributed by atoms with Gasteiger partial charge in [0.25, 0.3) is 0 Å². The molecule has 1 aromatic carbocycles. The van der Waals surface area contributed by atoms with E-state index in [0.717, 1.165) is 4.90 Å². The van der Waals surface area contributed by atoms with Crippen LogP contribution >= 0.6 is 0 Å². The first-order valence-electron chi connectivity index (χ1n) is 7.64. The number of aryl methyl sites for hydroxylation is 1. The van der Waals surface area contributed by atoms with Gasteiger partial charge in [0.2, 0.25) is 17.6 Å². The highest BCUT2D eigenvalue weighted by Crippen LogP contribution is 2.20. The van der Waals surface area contributed by atoms with Crippen molar-refractivity contribution >= 4 is 5.91 Å². The van der Waals surface area contributed by atoms with E-state index in [2.05, 4.69) is 10.1 Å². The van der Waals surface area contributed by atoms with Gasteiger partial charge in [0.15, 0.2) is 0 Å². The lowest BCUT2D eigenvalue weighted by molar-refractivity contribution is -0.144. The Balaban J connectivity index is 1.78. The van der Waals surface area contributed by atoms with Gasteiger partial charge in [0.1, 0.15) is 5.82 Å². The van der Waals surface area contributed by atoms with Crippen molar-refractivity contribution in [1.29, 1.82) is 0 Å². The number of hydrogen-bond acceptors (Lipinski definition) is 4. The summed E-state index contributed by atoms with van der Waals surface area (Å²) in [5.41, 5.74) is 0.597. The van der Waals surface area contributed by atoms with Gasteiger partial charge in [-0.15, -0.1) is 0 Å². The van der Waals surface area contributed by atoms with Gasteiger partial charge in [0.05, 0.1) is 6.42 Å². The van der Waals surface area contributed by atoms with Gasteiger partial charge in [-0.3, -0.25) is 4.79 Å². The third-order valence-corrected chi connectivity index (χ3v) is 3.51. The monoisotopic (exact) mass is 359 g/mol. The number of nitrogens with zero attached hydrogens (tertiary/aromatic N) is 3. The van der Waals surface area contributed by atoms with E-state index in [1.807, 2.05) is 0 Å². The lowest BCUT2D eigenvalue weighted by Gasteiger charge is -2.17. The number of benzene rings is 1. The van der Waals surface area contributed by atoms with Crippen LogP contribution in [0.2, 0.25) is 0 Å². The maximum Gasteiger partial charge on any atom is 0.390 e. The van der Waals surface area contributed by atoms with Crippen LogP contribution in [-0.4, -0.2) is 40.7 Å². The average Bonchev–Trinajstić information content (AvgIpc) is 3.01. The van der Waals surface area contributed by atoms with Crippen LogP contribution in [0.4, 0.5) is 17.6 Å². The molecule has 0 aliphatic rings. The molecule has 25 heavy (non-hydrogen) atoms. The quantitative estimate of drug-likeness (QED) is 0.709.